The molecule has 12 heavy (non-hydrogen) atoms. The van der Waals surface area contributed by atoms with Crippen molar-refractivity contribution in [3.8, 4) is 0 Å². The number of hydrogen-bond donors (Lipinski definition) is 0. The molecule has 0 aliphatic heterocycles. The van der Waals surface area contributed by atoms with E-state index in [-0.39, 0.29) is 17.5 Å². The summed E-state index contributed by atoms with van der Waals surface area (Å²) in [7, 11) is 0. The molecule has 1 unspecified atom stereocenters. The molecule has 0 heterocycles. The zero-order chi connectivity index (χ0) is 9.14. The van der Waals surface area contributed by atoms with E-state index in [4.69, 9.17) is 0 Å². The monoisotopic (exact) mass is 166 g/mol. The second-order valence-electron chi connectivity index (χ2n) is 3.24. The SMILES string of the molecule is CCC1=CC(=O)CCC1C(C)=O. The second kappa shape index (κ2) is 3.65. The normalized spacial score (nSPS) is 23.7. The highest BCUT2D eigenvalue weighted by atomic mass is 16.1. The van der Waals surface area contributed by atoms with Crippen LogP contribution in [0.15, 0.2) is 11.6 Å². The van der Waals surface area contributed by atoms with E-state index in [0.29, 0.717) is 12.8 Å². The van der Waals surface area contributed by atoms with Crippen LogP contribution in [0.5, 0.6) is 0 Å². The van der Waals surface area contributed by atoms with E-state index in [1.165, 1.54) is 0 Å². The van der Waals surface area contributed by atoms with Crippen molar-refractivity contribution in [1.82, 2.24) is 0 Å². The Bertz CT molecular complexity index is 238. The molecule has 0 aromatic heterocycles. The first-order valence-electron chi connectivity index (χ1n) is 4.39. The predicted molar refractivity (Wildman–Crippen MR) is 46.8 cm³/mol. The molecule has 1 aliphatic carbocycles. The van der Waals surface area contributed by atoms with Crippen LogP contribution in [0.25, 0.3) is 0 Å². The predicted octanol–water partition coefficient (Wildman–Crippen LogP) is 1.89. The minimum Gasteiger partial charge on any atom is -0.299 e. The van der Waals surface area contributed by atoms with Gasteiger partial charge in [-0.1, -0.05) is 12.5 Å². The van der Waals surface area contributed by atoms with Crippen molar-refractivity contribution in [3.05, 3.63) is 11.6 Å². The average molecular weight is 166 g/mol. The molecular formula is C10H14O2. The molecule has 0 spiro atoms. The summed E-state index contributed by atoms with van der Waals surface area (Å²) in [5.41, 5.74) is 1.01. The van der Waals surface area contributed by atoms with Crippen molar-refractivity contribution >= 4 is 11.6 Å². The van der Waals surface area contributed by atoms with E-state index in [1.54, 1.807) is 13.0 Å². The molecule has 0 aromatic rings. The van der Waals surface area contributed by atoms with Gasteiger partial charge in [0.05, 0.1) is 0 Å². The number of Topliss-reactive ketones (excluding diaryl/α,β-unsaturated/α-hetero) is 1. The molecule has 1 atom stereocenters. The lowest BCUT2D eigenvalue weighted by molar-refractivity contribution is -0.121. The highest BCUT2D eigenvalue weighted by Crippen LogP contribution is 2.25. The van der Waals surface area contributed by atoms with Gasteiger partial charge in [-0.2, -0.15) is 0 Å². The smallest absolute Gasteiger partial charge is 0.155 e. The quantitative estimate of drug-likeness (QED) is 0.627. The minimum absolute atomic E-state index is 0.0210. The van der Waals surface area contributed by atoms with Crippen molar-refractivity contribution in [2.24, 2.45) is 5.92 Å². The maximum absolute atomic E-state index is 11.1. The first-order chi connectivity index (χ1) is 5.65. The Balaban J connectivity index is 2.84. The van der Waals surface area contributed by atoms with Crippen LogP contribution in [-0.2, 0) is 9.59 Å². The maximum atomic E-state index is 11.1. The third kappa shape index (κ3) is 1.81. The summed E-state index contributed by atoms with van der Waals surface area (Å²) in [5.74, 6) is 0.382. The van der Waals surface area contributed by atoms with Gasteiger partial charge >= 0.3 is 0 Å². The van der Waals surface area contributed by atoms with Crippen molar-refractivity contribution < 1.29 is 9.59 Å². The summed E-state index contributed by atoms with van der Waals surface area (Å²) >= 11 is 0. The standard InChI is InChI=1S/C10H14O2/c1-3-8-6-9(12)4-5-10(8)7(2)11/h6,10H,3-5H2,1-2H3. The maximum Gasteiger partial charge on any atom is 0.155 e. The van der Waals surface area contributed by atoms with E-state index in [2.05, 4.69) is 0 Å². The zero-order valence-electron chi connectivity index (χ0n) is 7.59. The summed E-state index contributed by atoms with van der Waals surface area (Å²) in [6.45, 7) is 3.59. The molecule has 0 N–H and O–H groups in total. The molecule has 0 saturated carbocycles. The van der Waals surface area contributed by atoms with E-state index < -0.39 is 0 Å². The molecule has 2 nitrogen and oxygen atoms in total. The van der Waals surface area contributed by atoms with Gasteiger partial charge < -0.3 is 0 Å². The van der Waals surface area contributed by atoms with E-state index in [1.807, 2.05) is 6.92 Å². The fourth-order valence-corrected chi connectivity index (χ4v) is 1.66. The van der Waals surface area contributed by atoms with Gasteiger partial charge in [0.2, 0.25) is 0 Å². The molecular weight excluding hydrogens is 152 g/mol. The number of ketones is 2. The van der Waals surface area contributed by atoms with Gasteiger partial charge in [0, 0.05) is 12.3 Å². The Morgan fingerprint density at radius 2 is 2.33 bits per heavy atom. The summed E-state index contributed by atoms with van der Waals surface area (Å²) < 4.78 is 0. The van der Waals surface area contributed by atoms with Crippen LogP contribution in [0.3, 0.4) is 0 Å². The topological polar surface area (TPSA) is 34.1 Å². The molecule has 66 valence electrons. The summed E-state index contributed by atoms with van der Waals surface area (Å²) in [4.78, 5) is 22.1. The number of rotatable bonds is 2. The average Bonchev–Trinajstić information content (AvgIpc) is 2.03. The van der Waals surface area contributed by atoms with Gasteiger partial charge in [0.25, 0.3) is 0 Å². The molecule has 0 amide bonds. The van der Waals surface area contributed by atoms with E-state index in [0.717, 1.165) is 12.0 Å². The Morgan fingerprint density at radius 3 is 2.83 bits per heavy atom. The lowest BCUT2D eigenvalue weighted by Crippen LogP contribution is -2.19. The Hall–Kier alpha value is -0.920. The fourth-order valence-electron chi connectivity index (χ4n) is 1.66. The summed E-state index contributed by atoms with van der Waals surface area (Å²) in [5, 5.41) is 0. The molecule has 0 aromatic carbocycles. The van der Waals surface area contributed by atoms with Crippen LogP contribution in [0.4, 0.5) is 0 Å². The summed E-state index contributed by atoms with van der Waals surface area (Å²) in [6.07, 6.45) is 3.72. The lowest BCUT2D eigenvalue weighted by atomic mass is 9.83. The Morgan fingerprint density at radius 1 is 1.67 bits per heavy atom. The van der Waals surface area contributed by atoms with Crippen molar-refractivity contribution in [3.63, 3.8) is 0 Å². The molecule has 1 rings (SSSR count). The number of carbonyl (C=O) groups excluding carboxylic acids is 2. The second-order valence-corrected chi connectivity index (χ2v) is 3.24. The molecule has 1 aliphatic rings. The number of hydrogen-bond acceptors (Lipinski definition) is 2. The van der Waals surface area contributed by atoms with Crippen LogP contribution in [-0.4, -0.2) is 11.6 Å². The van der Waals surface area contributed by atoms with Crippen molar-refractivity contribution in [2.45, 2.75) is 33.1 Å². The Labute approximate surface area is 72.7 Å². The summed E-state index contributed by atoms with van der Waals surface area (Å²) in [6, 6.07) is 0. The molecule has 0 bridgehead atoms. The van der Waals surface area contributed by atoms with Crippen molar-refractivity contribution in [1.29, 1.82) is 0 Å². The van der Waals surface area contributed by atoms with Gasteiger partial charge in [0.1, 0.15) is 5.78 Å². The van der Waals surface area contributed by atoms with Gasteiger partial charge in [-0.05, 0) is 25.8 Å². The highest BCUT2D eigenvalue weighted by Gasteiger charge is 2.23. The van der Waals surface area contributed by atoms with Crippen LogP contribution in [0.1, 0.15) is 33.1 Å². The number of allylic oxidation sites excluding steroid dienone is 2. The highest BCUT2D eigenvalue weighted by molar-refractivity contribution is 5.94. The van der Waals surface area contributed by atoms with Crippen LogP contribution in [0, 0.1) is 5.92 Å². The van der Waals surface area contributed by atoms with Crippen LogP contribution >= 0.6 is 0 Å². The fraction of sp³-hybridized carbons (Fsp3) is 0.600. The van der Waals surface area contributed by atoms with Crippen LogP contribution < -0.4 is 0 Å². The van der Waals surface area contributed by atoms with Gasteiger partial charge in [-0.15, -0.1) is 0 Å². The number of carbonyl (C=O) groups is 2. The van der Waals surface area contributed by atoms with Gasteiger partial charge in [0.15, 0.2) is 5.78 Å². The Kier molecular flexibility index (Phi) is 2.79. The third-order valence-electron chi connectivity index (χ3n) is 2.37. The van der Waals surface area contributed by atoms with Gasteiger partial charge in [-0.3, -0.25) is 9.59 Å². The molecule has 2 heteroatoms. The van der Waals surface area contributed by atoms with E-state index in [9.17, 15) is 9.59 Å². The minimum atomic E-state index is 0.0210. The largest absolute Gasteiger partial charge is 0.299 e. The molecule has 0 radical (unpaired) electrons. The molecule has 0 saturated heterocycles. The van der Waals surface area contributed by atoms with Crippen molar-refractivity contribution in [2.75, 3.05) is 0 Å². The first-order valence-corrected chi connectivity index (χ1v) is 4.39. The van der Waals surface area contributed by atoms with E-state index >= 15 is 0 Å². The lowest BCUT2D eigenvalue weighted by Gasteiger charge is -2.19. The molecule has 0 fully saturated rings. The first kappa shape index (κ1) is 9.17. The van der Waals surface area contributed by atoms with Gasteiger partial charge in [-0.25, -0.2) is 0 Å². The van der Waals surface area contributed by atoms with Crippen LogP contribution in [0.2, 0.25) is 0 Å². The third-order valence-corrected chi connectivity index (χ3v) is 2.37. The zero-order valence-corrected chi connectivity index (χ0v) is 7.59.